The molecule has 2 aliphatic rings. The van der Waals surface area contributed by atoms with Gasteiger partial charge in [0.1, 0.15) is 5.78 Å². The van der Waals surface area contributed by atoms with Crippen LogP contribution in [0.3, 0.4) is 0 Å². The monoisotopic (exact) mass is 1250 g/mol. The van der Waals surface area contributed by atoms with Gasteiger partial charge in [0.05, 0.1) is 81.6 Å². The number of anilines is 1. The van der Waals surface area contributed by atoms with Gasteiger partial charge in [0.25, 0.3) is 0 Å². The maximum Gasteiger partial charge on any atom is 0.319 e. The first-order chi connectivity index (χ1) is 39.5. The standard InChI is InChI=1S/C59H73Cl4N5O12S2/c1-67-38-53(51-34-45(60)36-57(62)55(51)40-67)43-7-3-10-49(32-43)81(71,72)30-6-19-76-23-27-79-26-22-75-18-5-9-48(69)31-42-12-14-47(15-13-42)66-59(70)64-16-20-77-24-28-80-29-25-78-21-17-65-82(73,74)50-11-4-8-44(33-50)54-39-68(2)41-56-52(54)35-46(61)37-58(56)63/h3-4,7-8,10-15,32-37,53-54,65H,5-6,9,16-31,38-41H2,1-2H3,(H2,64,66,70)/t53-,54-/m0/s1. The molecule has 0 radical (unpaired) electrons. The number of sulfonamides is 1. The van der Waals surface area contributed by atoms with Gasteiger partial charge >= 0.3 is 6.03 Å². The summed E-state index contributed by atoms with van der Waals surface area (Å²) in [6, 6.07) is 28.1. The van der Waals surface area contributed by atoms with Gasteiger partial charge in [-0.1, -0.05) is 82.8 Å². The molecule has 0 aromatic heterocycles. The van der Waals surface area contributed by atoms with Crippen LogP contribution in [0.2, 0.25) is 20.1 Å². The van der Waals surface area contributed by atoms with Crippen molar-refractivity contribution in [1.29, 1.82) is 0 Å². The van der Waals surface area contributed by atoms with Gasteiger partial charge in [0, 0.05) is 103 Å². The van der Waals surface area contributed by atoms with Crippen molar-refractivity contribution in [2.45, 2.75) is 60.4 Å². The zero-order chi connectivity index (χ0) is 58.5. The Balaban J connectivity index is 0.638. The first-order valence-electron chi connectivity index (χ1n) is 27.3. The number of halogens is 4. The van der Waals surface area contributed by atoms with Crippen molar-refractivity contribution in [3.63, 3.8) is 0 Å². The van der Waals surface area contributed by atoms with Crippen molar-refractivity contribution in [3.05, 3.63) is 156 Å². The number of ketones is 1. The largest absolute Gasteiger partial charge is 0.379 e. The molecule has 0 spiro atoms. The number of likely N-dealkylation sites (N-methyl/N-ethyl adjacent to an activating group) is 2. The van der Waals surface area contributed by atoms with Gasteiger partial charge in [-0.05, 0) is 127 Å². The molecule has 0 saturated heterocycles. The van der Waals surface area contributed by atoms with Crippen molar-refractivity contribution < 1.29 is 54.8 Å². The third-order valence-electron chi connectivity index (χ3n) is 13.8. The highest BCUT2D eigenvalue weighted by molar-refractivity contribution is 7.91. The number of nitrogens with zero attached hydrogens (tertiary/aromatic N) is 2. The molecule has 0 fully saturated rings. The second-order valence-electron chi connectivity index (χ2n) is 20.2. The van der Waals surface area contributed by atoms with Crippen LogP contribution < -0.4 is 15.4 Å². The van der Waals surface area contributed by atoms with Crippen LogP contribution >= 0.6 is 46.4 Å². The molecule has 23 heteroatoms. The summed E-state index contributed by atoms with van der Waals surface area (Å²) in [5.74, 6) is -0.113. The quantitative estimate of drug-likeness (QED) is 0.0329. The predicted octanol–water partition coefficient (Wildman–Crippen LogP) is 9.41. The molecular weight excluding hydrogens is 1180 g/mol. The minimum absolute atomic E-state index is 0.0402. The lowest BCUT2D eigenvalue weighted by Gasteiger charge is -2.33. The minimum Gasteiger partial charge on any atom is -0.379 e. The molecule has 0 bridgehead atoms. The van der Waals surface area contributed by atoms with E-state index in [0.717, 1.165) is 38.9 Å². The number of hydrogen-bond donors (Lipinski definition) is 3. The number of sulfone groups is 1. The molecule has 82 heavy (non-hydrogen) atoms. The highest BCUT2D eigenvalue weighted by atomic mass is 35.5. The SMILES string of the molecule is CN1Cc2c(Cl)cc(Cl)cc2[C@H](c2cccc(S(=O)(=O)CCCOCCOCCOCCCC(=O)Cc3ccc(NC(=O)NCCOCCOCCOCCNS(=O)(=O)c4cccc([C@@H]5CN(C)Cc6c(Cl)cc(Cl)cc65)c4)cc3)c2)C1. The Kier molecular flexibility index (Phi) is 26.2. The first kappa shape index (κ1) is 65.3. The van der Waals surface area contributed by atoms with E-state index in [1.807, 2.05) is 38.4 Å². The molecule has 3 N–H and O–H groups in total. The lowest BCUT2D eigenvalue weighted by molar-refractivity contribution is -0.118. The molecule has 0 unspecified atom stereocenters. The zero-order valence-corrected chi connectivity index (χ0v) is 50.9. The summed E-state index contributed by atoms with van der Waals surface area (Å²) in [6.07, 6.45) is 1.56. The predicted molar refractivity (Wildman–Crippen MR) is 320 cm³/mol. The fraction of sp³-hybridized carbons (Fsp3) is 0.458. The Morgan fingerprint density at radius 2 is 1.04 bits per heavy atom. The third kappa shape index (κ3) is 20.5. The average molecular weight is 1250 g/mol. The highest BCUT2D eigenvalue weighted by Crippen LogP contribution is 2.40. The van der Waals surface area contributed by atoms with Crippen LogP contribution in [0.1, 0.15) is 70.0 Å². The Bertz CT molecular complexity index is 2920. The smallest absolute Gasteiger partial charge is 0.319 e. The molecule has 5 aromatic rings. The van der Waals surface area contributed by atoms with Crippen molar-refractivity contribution in [2.24, 2.45) is 0 Å². The number of carbonyl (C=O) groups is 2. The number of nitrogens with one attached hydrogen (secondary N) is 3. The van der Waals surface area contributed by atoms with Crippen LogP contribution in [0.4, 0.5) is 10.5 Å². The van der Waals surface area contributed by atoms with E-state index in [-0.39, 0.29) is 85.1 Å². The Morgan fingerprint density at radius 3 is 1.59 bits per heavy atom. The molecule has 0 saturated carbocycles. The van der Waals surface area contributed by atoms with Crippen LogP contribution in [0.5, 0.6) is 0 Å². The summed E-state index contributed by atoms with van der Waals surface area (Å²) in [4.78, 5) is 29.8. The van der Waals surface area contributed by atoms with Gasteiger partial charge in [-0.25, -0.2) is 26.4 Å². The number of carbonyl (C=O) groups excluding carboxylic acids is 2. The van der Waals surface area contributed by atoms with E-state index in [4.69, 9.17) is 74.8 Å². The molecule has 5 aromatic carbocycles. The van der Waals surface area contributed by atoms with E-state index in [1.54, 1.807) is 72.8 Å². The zero-order valence-electron chi connectivity index (χ0n) is 46.3. The molecule has 7 rings (SSSR count). The summed E-state index contributed by atoms with van der Waals surface area (Å²) in [5, 5.41) is 7.81. The number of Topliss-reactive ketones (excluding diaryl/α,β-unsaturated/α-hetero) is 1. The van der Waals surface area contributed by atoms with E-state index < -0.39 is 19.9 Å². The fourth-order valence-corrected chi connectivity index (χ4v) is 13.3. The maximum atomic E-state index is 13.3. The first-order valence-corrected chi connectivity index (χ1v) is 32.0. The van der Waals surface area contributed by atoms with Crippen LogP contribution in [0, 0.1) is 0 Å². The van der Waals surface area contributed by atoms with E-state index in [1.165, 1.54) is 0 Å². The number of urea groups is 1. The van der Waals surface area contributed by atoms with Gasteiger partial charge in [0.2, 0.25) is 10.0 Å². The van der Waals surface area contributed by atoms with Crippen molar-refractivity contribution in [3.8, 4) is 0 Å². The average Bonchev–Trinajstić information content (AvgIpc) is 3.58. The van der Waals surface area contributed by atoms with E-state index >= 15 is 0 Å². The number of fused-ring (bicyclic) bond motifs is 2. The number of ether oxygens (including phenoxy) is 6. The topological polar surface area (TPSA) is 200 Å². The summed E-state index contributed by atoms with van der Waals surface area (Å²) in [7, 11) is -3.30. The van der Waals surface area contributed by atoms with Crippen LogP contribution in [0.15, 0.2) is 107 Å². The van der Waals surface area contributed by atoms with Crippen LogP contribution in [-0.4, -0.2) is 164 Å². The summed E-state index contributed by atoms with van der Waals surface area (Å²) >= 11 is 25.8. The van der Waals surface area contributed by atoms with Crippen LogP contribution in [0.25, 0.3) is 0 Å². The van der Waals surface area contributed by atoms with Crippen molar-refractivity contribution >= 4 is 83.8 Å². The number of amides is 2. The molecule has 2 atom stereocenters. The number of benzene rings is 5. The summed E-state index contributed by atoms with van der Waals surface area (Å²) in [5.41, 5.74) is 7.20. The third-order valence-corrected chi connectivity index (χ3v) is 18.2. The normalized spacial score (nSPS) is 15.7. The van der Waals surface area contributed by atoms with Crippen LogP contribution in [-0.2, 0) is 72.6 Å². The molecule has 446 valence electrons. The molecule has 2 heterocycles. The van der Waals surface area contributed by atoms with Crippen molar-refractivity contribution in [2.75, 3.05) is 131 Å². The second-order valence-corrected chi connectivity index (χ2v) is 25.8. The van der Waals surface area contributed by atoms with E-state index in [2.05, 4.69) is 25.2 Å². The van der Waals surface area contributed by atoms with Crippen molar-refractivity contribution in [1.82, 2.24) is 19.8 Å². The Morgan fingerprint density at radius 1 is 0.561 bits per heavy atom. The lowest BCUT2D eigenvalue weighted by Crippen LogP contribution is -2.31. The minimum atomic E-state index is -3.79. The number of rotatable bonds is 34. The lowest BCUT2D eigenvalue weighted by atomic mass is 9.85. The van der Waals surface area contributed by atoms with Gasteiger partial charge in [-0.3, -0.25) is 4.79 Å². The van der Waals surface area contributed by atoms with Gasteiger partial charge < -0.3 is 48.9 Å². The molecule has 0 aliphatic carbocycles. The summed E-state index contributed by atoms with van der Waals surface area (Å²) in [6.45, 7) is 6.92. The van der Waals surface area contributed by atoms with Gasteiger partial charge in [-0.15, -0.1) is 0 Å². The Hall–Kier alpha value is -4.26. The Labute approximate surface area is 502 Å². The van der Waals surface area contributed by atoms with E-state index in [9.17, 15) is 26.4 Å². The highest BCUT2D eigenvalue weighted by Gasteiger charge is 2.30. The van der Waals surface area contributed by atoms with E-state index in [0.29, 0.717) is 124 Å². The van der Waals surface area contributed by atoms with Gasteiger partial charge in [0.15, 0.2) is 9.84 Å². The molecule has 17 nitrogen and oxygen atoms in total. The molecule has 2 aliphatic heterocycles. The second kappa shape index (κ2) is 32.9. The fourth-order valence-electron chi connectivity index (χ4n) is 9.77. The maximum absolute atomic E-state index is 13.3. The molecular formula is C59H73Cl4N5O12S2. The van der Waals surface area contributed by atoms with Gasteiger partial charge in [-0.2, -0.15) is 0 Å². The molecule has 2 amide bonds. The number of hydrogen-bond acceptors (Lipinski definition) is 14. The summed E-state index contributed by atoms with van der Waals surface area (Å²) < 4.78 is 88.9.